The number of benzene rings is 2. The molecule has 32 heavy (non-hydrogen) atoms. The molecule has 1 aliphatic rings. The molecule has 7 nitrogen and oxygen atoms in total. The standard InChI is InChI=1S/C24H25N5O2S/c1-2-4-22(30)26-19-5-3-6-21(17-19)32-23-11-12-25-24(28-23)27-18-7-9-20(10-8-18)29-13-15-31-16-14-29/h2-12,17H,13-16H2,1H3,(H,26,30)(H,25,27,28). The normalized spacial score (nSPS) is 13.8. The lowest BCUT2D eigenvalue weighted by Crippen LogP contribution is -2.36. The monoisotopic (exact) mass is 447 g/mol. The van der Waals surface area contributed by atoms with Crippen molar-refractivity contribution in [2.45, 2.75) is 16.8 Å². The number of carbonyl (C=O) groups excluding carboxylic acids is 1. The second-order valence-electron chi connectivity index (χ2n) is 7.11. The van der Waals surface area contributed by atoms with Gasteiger partial charge in [-0.3, -0.25) is 4.79 Å². The van der Waals surface area contributed by atoms with Crippen molar-refractivity contribution < 1.29 is 9.53 Å². The molecule has 0 saturated carbocycles. The van der Waals surface area contributed by atoms with E-state index in [4.69, 9.17) is 4.74 Å². The van der Waals surface area contributed by atoms with Crippen LogP contribution in [0, 0.1) is 0 Å². The third-order valence-electron chi connectivity index (χ3n) is 4.77. The van der Waals surface area contributed by atoms with E-state index < -0.39 is 0 Å². The highest BCUT2D eigenvalue weighted by molar-refractivity contribution is 7.99. The number of nitrogens with one attached hydrogen (secondary N) is 2. The van der Waals surface area contributed by atoms with Crippen molar-refractivity contribution >= 4 is 40.7 Å². The van der Waals surface area contributed by atoms with Crippen molar-refractivity contribution in [2.75, 3.05) is 41.8 Å². The van der Waals surface area contributed by atoms with E-state index in [1.807, 2.05) is 49.4 Å². The Morgan fingerprint density at radius 1 is 1.09 bits per heavy atom. The van der Waals surface area contributed by atoms with Gasteiger partial charge in [0.25, 0.3) is 0 Å². The summed E-state index contributed by atoms with van der Waals surface area (Å²) in [4.78, 5) is 24.0. The molecule has 1 aliphatic heterocycles. The summed E-state index contributed by atoms with van der Waals surface area (Å²) >= 11 is 1.51. The first-order valence-corrected chi connectivity index (χ1v) is 11.3. The quantitative estimate of drug-likeness (QED) is 0.401. The van der Waals surface area contributed by atoms with Gasteiger partial charge < -0.3 is 20.3 Å². The fourth-order valence-electron chi connectivity index (χ4n) is 3.26. The maximum Gasteiger partial charge on any atom is 0.248 e. The van der Waals surface area contributed by atoms with Crippen molar-refractivity contribution in [3.05, 3.63) is 72.9 Å². The van der Waals surface area contributed by atoms with Crippen molar-refractivity contribution in [1.82, 2.24) is 9.97 Å². The van der Waals surface area contributed by atoms with Crippen LogP contribution in [0.4, 0.5) is 23.0 Å². The first kappa shape index (κ1) is 21.9. The Balaban J connectivity index is 1.40. The third kappa shape index (κ3) is 6.09. The zero-order valence-electron chi connectivity index (χ0n) is 17.8. The summed E-state index contributed by atoms with van der Waals surface area (Å²) in [5.41, 5.74) is 2.86. The van der Waals surface area contributed by atoms with Gasteiger partial charge in [-0.05, 0) is 61.5 Å². The highest BCUT2D eigenvalue weighted by atomic mass is 32.2. The first-order chi connectivity index (χ1) is 15.7. The molecule has 2 N–H and O–H groups in total. The Bertz CT molecular complexity index is 1080. The number of hydrogen-bond acceptors (Lipinski definition) is 7. The van der Waals surface area contributed by atoms with E-state index >= 15 is 0 Å². The molecule has 2 heterocycles. The minimum atomic E-state index is -0.150. The number of anilines is 4. The summed E-state index contributed by atoms with van der Waals surface area (Å²) in [7, 11) is 0. The molecule has 1 amide bonds. The number of ether oxygens (including phenoxy) is 1. The van der Waals surface area contributed by atoms with Gasteiger partial charge in [0, 0.05) is 41.2 Å². The van der Waals surface area contributed by atoms with E-state index in [2.05, 4.69) is 37.6 Å². The molecule has 0 aliphatic carbocycles. The number of amides is 1. The zero-order chi connectivity index (χ0) is 22.2. The van der Waals surface area contributed by atoms with Crippen LogP contribution in [0.25, 0.3) is 0 Å². The number of aromatic nitrogens is 2. The summed E-state index contributed by atoms with van der Waals surface area (Å²) in [6.07, 6.45) is 4.94. The molecule has 3 aromatic rings. The number of rotatable bonds is 7. The Morgan fingerprint density at radius 3 is 2.69 bits per heavy atom. The molecule has 1 saturated heterocycles. The molecule has 0 unspecified atom stereocenters. The van der Waals surface area contributed by atoms with Crippen LogP contribution in [0.15, 0.2) is 82.9 Å². The average molecular weight is 448 g/mol. The van der Waals surface area contributed by atoms with Gasteiger partial charge in [0.05, 0.1) is 13.2 Å². The van der Waals surface area contributed by atoms with Gasteiger partial charge in [0.15, 0.2) is 0 Å². The summed E-state index contributed by atoms with van der Waals surface area (Å²) in [6, 6.07) is 17.8. The zero-order valence-corrected chi connectivity index (χ0v) is 18.6. The Hall–Kier alpha value is -3.36. The molecule has 0 bridgehead atoms. The smallest absolute Gasteiger partial charge is 0.248 e. The topological polar surface area (TPSA) is 79.4 Å². The second kappa shape index (κ2) is 10.8. The highest BCUT2D eigenvalue weighted by Crippen LogP contribution is 2.29. The Morgan fingerprint density at radius 2 is 1.91 bits per heavy atom. The third-order valence-corrected chi connectivity index (χ3v) is 5.70. The van der Waals surface area contributed by atoms with E-state index in [-0.39, 0.29) is 5.91 Å². The number of carbonyl (C=O) groups is 1. The van der Waals surface area contributed by atoms with Crippen LogP contribution in [-0.4, -0.2) is 42.2 Å². The van der Waals surface area contributed by atoms with E-state index in [9.17, 15) is 4.79 Å². The van der Waals surface area contributed by atoms with Crippen molar-refractivity contribution in [3.63, 3.8) is 0 Å². The molecule has 8 heteroatoms. The van der Waals surface area contributed by atoms with Crippen LogP contribution in [0.3, 0.4) is 0 Å². The van der Waals surface area contributed by atoms with Crippen molar-refractivity contribution in [1.29, 1.82) is 0 Å². The van der Waals surface area contributed by atoms with Gasteiger partial charge in [-0.1, -0.05) is 23.9 Å². The maximum absolute atomic E-state index is 11.8. The van der Waals surface area contributed by atoms with Crippen LogP contribution in [0.1, 0.15) is 6.92 Å². The molecule has 164 valence electrons. The van der Waals surface area contributed by atoms with Crippen molar-refractivity contribution in [3.8, 4) is 0 Å². The predicted octanol–water partition coefficient (Wildman–Crippen LogP) is 4.72. The fraction of sp³-hybridized carbons (Fsp3) is 0.208. The minimum absolute atomic E-state index is 0.150. The lowest BCUT2D eigenvalue weighted by atomic mass is 10.2. The summed E-state index contributed by atoms with van der Waals surface area (Å²) < 4.78 is 5.42. The maximum atomic E-state index is 11.8. The van der Waals surface area contributed by atoms with Gasteiger partial charge in [0.2, 0.25) is 11.9 Å². The number of allylic oxidation sites excluding steroid dienone is 1. The van der Waals surface area contributed by atoms with Gasteiger partial charge in [0.1, 0.15) is 5.03 Å². The number of hydrogen-bond donors (Lipinski definition) is 2. The van der Waals surface area contributed by atoms with Crippen LogP contribution in [-0.2, 0) is 9.53 Å². The largest absolute Gasteiger partial charge is 0.378 e. The van der Waals surface area contributed by atoms with Gasteiger partial charge in [-0.25, -0.2) is 9.97 Å². The molecule has 1 aromatic heterocycles. The van der Waals surface area contributed by atoms with Gasteiger partial charge in [-0.2, -0.15) is 0 Å². The average Bonchev–Trinajstić information content (AvgIpc) is 2.81. The van der Waals surface area contributed by atoms with Crippen LogP contribution >= 0.6 is 11.8 Å². The lowest BCUT2D eigenvalue weighted by molar-refractivity contribution is -0.111. The van der Waals surface area contributed by atoms with E-state index in [1.54, 1.807) is 12.3 Å². The van der Waals surface area contributed by atoms with Gasteiger partial charge >= 0.3 is 0 Å². The number of nitrogens with zero attached hydrogens (tertiary/aromatic N) is 3. The van der Waals surface area contributed by atoms with Crippen LogP contribution in [0.5, 0.6) is 0 Å². The van der Waals surface area contributed by atoms with Crippen LogP contribution in [0.2, 0.25) is 0 Å². The summed E-state index contributed by atoms with van der Waals surface area (Å²) in [6.45, 7) is 5.17. The van der Waals surface area contributed by atoms with E-state index in [0.29, 0.717) is 5.95 Å². The van der Waals surface area contributed by atoms with E-state index in [1.165, 1.54) is 23.5 Å². The molecule has 1 fully saturated rings. The number of morpholine rings is 1. The Kier molecular flexibility index (Phi) is 7.37. The highest BCUT2D eigenvalue weighted by Gasteiger charge is 2.11. The predicted molar refractivity (Wildman–Crippen MR) is 129 cm³/mol. The molecular formula is C24H25N5O2S. The van der Waals surface area contributed by atoms with E-state index in [0.717, 1.165) is 47.6 Å². The molecule has 2 aromatic carbocycles. The van der Waals surface area contributed by atoms with Crippen LogP contribution < -0.4 is 15.5 Å². The summed E-state index contributed by atoms with van der Waals surface area (Å²) in [5, 5.41) is 6.92. The van der Waals surface area contributed by atoms with Crippen molar-refractivity contribution in [2.24, 2.45) is 0 Å². The molecule has 0 atom stereocenters. The Labute approximate surface area is 191 Å². The minimum Gasteiger partial charge on any atom is -0.378 e. The molecule has 0 spiro atoms. The SMILES string of the molecule is CC=CC(=O)Nc1cccc(Sc2ccnc(Nc3ccc(N4CCOCC4)cc3)n2)c1. The molecule has 4 rings (SSSR count). The first-order valence-electron chi connectivity index (χ1n) is 10.4. The molecular weight excluding hydrogens is 422 g/mol. The molecule has 0 radical (unpaired) electrons. The summed E-state index contributed by atoms with van der Waals surface area (Å²) in [5.74, 6) is 0.384. The van der Waals surface area contributed by atoms with Gasteiger partial charge in [-0.15, -0.1) is 0 Å². The fourth-order valence-corrected chi connectivity index (χ4v) is 4.09. The second-order valence-corrected chi connectivity index (χ2v) is 8.20. The lowest BCUT2D eigenvalue weighted by Gasteiger charge is -2.28.